The van der Waals surface area contributed by atoms with Crippen LogP contribution in [0, 0.1) is 5.82 Å². The van der Waals surface area contributed by atoms with Gasteiger partial charge in [0.15, 0.2) is 11.5 Å². The van der Waals surface area contributed by atoms with Crippen LogP contribution in [-0.2, 0) is 17.8 Å². The van der Waals surface area contributed by atoms with E-state index in [2.05, 4.69) is 5.32 Å². The van der Waals surface area contributed by atoms with E-state index in [0.717, 1.165) is 30.4 Å². The Kier molecular flexibility index (Phi) is 7.26. The molecule has 0 saturated heterocycles. The van der Waals surface area contributed by atoms with Crippen molar-refractivity contribution in [1.29, 1.82) is 0 Å². The molecule has 0 bridgehead atoms. The Labute approximate surface area is 148 Å². The highest BCUT2D eigenvalue weighted by atomic mass is 19.1. The molecule has 0 spiro atoms. The van der Waals surface area contributed by atoms with E-state index in [1.165, 1.54) is 12.1 Å². The number of amides is 1. The van der Waals surface area contributed by atoms with Crippen LogP contribution in [0.1, 0.15) is 30.4 Å². The molecular formula is C20H24FNO3. The molecule has 2 aromatic rings. The first-order chi connectivity index (χ1) is 12.1. The minimum atomic E-state index is -0.224. The molecule has 2 aromatic carbocycles. The minimum Gasteiger partial charge on any atom is -0.493 e. The lowest BCUT2D eigenvalue weighted by Crippen LogP contribution is -2.22. The second kappa shape index (κ2) is 9.67. The maximum absolute atomic E-state index is 12.8. The van der Waals surface area contributed by atoms with Gasteiger partial charge < -0.3 is 14.8 Å². The van der Waals surface area contributed by atoms with E-state index in [-0.39, 0.29) is 11.7 Å². The summed E-state index contributed by atoms with van der Waals surface area (Å²) in [7, 11) is 3.17. The fourth-order valence-electron chi connectivity index (χ4n) is 2.55. The van der Waals surface area contributed by atoms with Crippen LogP contribution in [0.5, 0.6) is 11.5 Å². The van der Waals surface area contributed by atoms with E-state index in [1.807, 2.05) is 18.2 Å². The van der Waals surface area contributed by atoms with Gasteiger partial charge in [-0.1, -0.05) is 18.2 Å². The Morgan fingerprint density at radius 1 is 0.960 bits per heavy atom. The third-order valence-corrected chi connectivity index (χ3v) is 3.97. The number of hydrogen-bond acceptors (Lipinski definition) is 3. The predicted octanol–water partition coefficient (Wildman–Crippen LogP) is 3.87. The molecule has 5 heteroatoms. The molecule has 0 radical (unpaired) electrons. The van der Waals surface area contributed by atoms with Crippen LogP contribution in [0.2, 0.25) is 0 Å². The first-order valence-corrected chi connectivity index (χ1v) is 8.34. The third kappa shape index (κ3) is 6.10. The number of carbonyl (C=O) groups is 1. The standard InChI is InChI=1S/C20H24FNO3/c1-24-18-12-9-16(13-19(18)25-2)14-22-20(23)6-4-3-5-15-7-10-17(21)11-8-15/h7-13H,3-6,14H2,1-2H3,(H,22,23). The summed E-state index contributed by atoms with van der Waals surface area (Å²) in [5.74, 6) is 1.11. The van der Waals surface area contributed by atoms with Gasteiger partial charge in [0.25, 0.3) is 0 Å². The monoisotopic (exact) mass is 345 g/mol. The minimum absolute atomic E-state index is 0.0221. The number of methoxy groups -OCH3 is 2. The molecular weight excluding hydrogens is 321 g/mol. The summed E-state index contributed by atoms with van der Waals surface area (Å²) in [6, 6.07) is 12.1. The van der Waals surface area contributed by atoms with Crippen LogP contribution in [0.25, 0.3) is 0 Å². The van der Waals surface area contributed by atoms with E-state index in [4.69, 9.17) is 9.47 Å². The SMILES string of the molecule is COc1ccc(CNC(=O)CCCCc2ccc(F)cc2)cc1OC. The highest BCUT2D eigenvalue weighted by Crippen LogP contribution is 2.27. The van der Waals surface area contributed by atoms with Gasteiger partial charge in [-0.15, -0.1) is 0 Å². The van der Waals surface area contributed by atoms with Crippen LogP contribution in [-0.4, -0.2) is 20.1 Å². The van der Waals surface area contributed by atoms with Gasteiger partial charge in [-0.05, 0) is 54.7 Å². The number of hydrogen-bond donors (Lipinski definition) is 1. The van der Waals surface area contributed by atoms with E-state index in [1.54, 1.807) is 26.4 Å². The third-order valence-electron chi connectivity index (χ3n) is 3.97. The summed E-state index contributed by atoms with van der Waals surface area (Å²) >= 11 is 0. The van der Waals surface area contributed by atoms with Crippen molar-refractivity contribution in [3.63, 3.8) is 0 Å². The van der Waals surface area contributed by atoms with Crippen molar-refractivity contribution in [3.8, 4) is 11.5 Å². The van der Waals surface area contributed by atoms with Gasteiger partial charge in [0.2, 0.25) is 5.91 Å². The van der Waals surface area contributed by atoms with Crippen LogP contribution in [0.3, 0.4) is 0 Å². The average molecular weight is 345 g/mol. The van der Waals surface area contributed by atoms with E-state index >= 15 is 0 Å². The molecule has 25 heavy (non-hydrogen) atoms. The maximum atomic E-state index is 12.8. The summed E-state index contributed by atoms with van der Waals surface area (Å²) in [6.45, 7) is 0.456. The number of carbonyl (C=O) groups excluding carboxylic acids is 1. The van der Waals surface area contributed by atoms with E-state index in [9.17, 15) is 9.18 Å². The molecule has 4 nitrogen and oxygen atoms in total. The summed E-state index contributed by atoms with van der Waals surface area (Å²) in [4.78, 5) is 11.9. The number of ether oxygens (including phenoxy) is 2. The van der Waals surface area contributed by atoms with Gasteiger partial charge >= 0.3 is 0 Å². The maximum Gasteiger partial charge on any atom is 0.220 e. The topological polar surface area (TPSA) is 47.6 Å². The average Bonchev–Trinajstić information content (AvgIpc) is 2.64. The van der Waals surface area contributed by atoms with Crippen molar-refractivity contribution in [3.05, 3.63) is 59.4 Å². The molecule has 0 saturated carbocycles. The van der Waals surface area contributed by atoms with Gasteiger partial charge in [0.1, 0.15) is 5.82 Å². The molecule has 1 N–H and O–H groups in total. The molecule has 2 rings (SSSR count). The van der Waals surface area contributed by atoms with Crippen LogP contribution in [0.4, 0.5) is 4.39 Å². The first kappa shape index (κ1) is 18.8. The molecule has 0 atom stereocenters. The van der Waals surface area contributed by atoms with Crippen LogP contribution < -0.4 is 14.8 Å². The number of nitrogens with one attached hydrogen (secondary N) is 1. The zero-order valence-electron chi connectivity index (χ0n) is 14.7. The number of aryl methyl sites for hydroxylation is 1. The van der Waals surface area contributed by atoms with Gasteiger partial charge in [-0.25, -0.2) is 4.39 Å². The number of benzene rings is 2. The second-order valence-corrected chi connectivity index (χ2v) is 5.80. The molecule has 134 valence electrons. The van der Waals surface area contributed by atoms with E-state index in [0.29, 0.717) is 24.5 Å². The first-order valence-electron chi connectivity index (χ1n) is 8.34. The molecule has 0 aliphatic carbocycles. The lowest BCUT2D eigenvalue weighted by molar-refractivity contribution is -0.121. The van der Waals surface area contributed by atoms with Gasteiger partial charge in [-0.3, -0.25) is 4.79 Å². The lowest BCUT2D eigenvalue weighted by Gasteiger charge is -2.10. The van der Waals surface area contributed by atoms with Crippen molar-refractivity contribution >= 4 is 5.91 Å². The summed E-state index contributed by atoms with van der Waals surface area (Å²) in [5.41, 5.74) is 2.05. The summed E-state index contributed by atoms with van der Waals surface area (Å²) in [6.07, 6.45) is 3.03. The molecule has 0 aromatic heterocycles. The Hall–Kier alpha value is -2.56. The van der Waals surface area contributed by atoms with Crippen molar-refractivity contribution < 1.29 is 18.7 Å². The Bertz CT molecular complexity index is 686. The normalized spacial score (nSPS) is 10.4. The molecule has 1 amide bonds. The molecule has 0 fully saturated rings. The van der Waals surface area contributed by atoms with E-state index < -0.39 is 0 Å². The van der Waals surface area contributed by atoms with Crippen molar-refractivity contribution in [2.75, 3.05) is 14.2 Å². The van der Waals surface area contributed by atoms with Crippen LogP contribution >= 0.6 is 0 Å². The molecule has 0 aliphatic rings. The zero-order valence-corrected chi connectivity index (χ0v) is 14.7. The Morgan fingerprint density at radius 3 is 2.32 bits per heavy atom. The second-order valence-electron chi connectivity index (χ2n) is 5.80. The molecule has 0 unspecified atom stereocenters. The van der Waals surface area contributed by atoms with Gasteiger partial charge in [-0.2, -0.15) is 0 Å². The molecule has 0 heterocycles. The van der Waals surface area contributed by atoms with Gasteiger partial charge in [0, 0.05) is 13.0 Å². The lowest BCUT2D eigenvalue weighted by atomic mass is 10.1. The predicted molar refractivity (Wildman–Crippen MR) is 95.3 cm³/mol. The highest BCUT2D eigenvalue weighted by molar-refractivity contribution is 5.75. The van der Waals surface area contributed by atoms with Crippen molar-refractivity contribution in [1.82, 2.24) is 5.32 Å². The summed E-state index contributed by atoms with van der Waals surface area (Å²) in [5, 5.41) is 2.91. The quantitative estimate of drug-likeness (QED) is 0.702. The Balaban J connectivity index is 1.69. The fraction of sp³-hybridized carbons (Fsp3) is 0.350. The van der Waals surface area contributed by atoms with Crippen molar-refractivity contribution in [2.24, 2.45) is 0 Å². The smallest absolute Gasteiger partial charge is 0.220 e. The number of rotatable bonds is 9. The summed E-state index contributed by atoms with van der Waals surface area (Å²) < 4.78 is 23.3. The van der Waals surface area contributed by atoms with Crippen LogP contribution in [0.15, 0.2) is 42.5 Å². The number of unbranched alkanes of at least 4 members (excludes halogenated alkanes) is 1. The van der Waals surface area contributed by atoms with Crippen molar-refractivity contribution in [2.45, 2.75) is 32.2 Å². The highest BCUT2D eigenvalue weighted by Gasteiger charge is 2.06. The van der Waals surface area contributed by atoms with Gasteiger partial charge in [0.05, 0.1) is 14.2 Å². The Morgan fingerprint density at radius 2 is 1.64 bits per heavy atom. The fourth-order valence-corrected chi connectivity index (χ4v) is 2.55. The molecule has 0 aliphatic heterocycles. The number of halogens is 1. The zero-order chi connectivity index (χ0) is 18.1. The largest absolute Gasteiger partial charge is 0.493 e.